The predicted octanol–water partition coefficient (Wildman–Crippen LogP) is 3.86. The Morgan fingerprint density at radius 2 is 1.85 bits per heavy atom. The molecule has 4 aliphatic carbocycles. The molecule has 4 bridgehead atoms. The van der Waals surface area contributed by atoms with E-state index < -0.39 is 0 Å². The second-order valence-corrected chi connectivity index (χ2v) is 6.90. The second-order valence-electron chi connectivity index (χ2n) is 6.90. The van der Waals surface area contributed by atoms with Crippen LogP contribution in [0, 0.1) is 28.6 Å². The van der Waals surface area contributed by atoms with Gasteiger partial charge >= 0.3 is 0 Å². The van der Waals surface area contributed by atoms with Gasteiger partial charge in [0.2, 0.25) is 0 Å². The Hall–Kier alpha value is 0. The monoisotopic (exact) mass is 178 g/mol. The fourth-order valence-corrected chi connectivity index (χ4v) is 5.31. The molecule has 0 aromatic heterocycles. The van der Waals surface area contributed by atoms with Gasteiger partial charge in [-0.1, -0.05) is 20.8 Å². The molecule has 4 fully saturated rings. The van der Waals surface area contributed by atoms with E-state index in [4.69, 9.17) is 0 Å². The predicted molar refractivity (Wildman–Crippen MR) is 55.4 cm³/mol. The minimum atomic E-state index is 0.721. The third-order valence-electron chi connectivity index (χ3n) is 5.56. The molecule has 0 heterocycles. The lowest BCUT2D eigenvalue weighted by Gasteiger charge is -2.63. The highest BCUT2D eigenvalue weighted by Crippen LogP contribution is 2.67. The molecule has 5 atom stereocenters. The van der Waals surface area contributed by atoms with Crippen LogP contribution in [0.4, 0.5) is 0 Å². The lowest BCUT2D eigenvalue weighted by Crippen LogP contribution is -2.54. The largest absolute Gasteiger partial charge is 0.0617 e. The average molecular weight is 178 g/mol. The van der Waals surface area contributed by atoms with Crippen molar-refractivity contribution in [2.24, 2.45) is 28.6 Å². The molecule has 0 amide bonds. The highest BCUT2D eigenvalue weighted by atomic mass is 14.6. The topological polar surface area (TPSA) is 0 Å². The van der Waals surface area contributed by atoms with E-state index in [0.29, 0.717) is 0 Å². The fourth-order valence-electron chi connectivity index (χ4n) is 5.31. The zero-order chi connectivity index (χ0) is 9.27. The van der Waals surface area contributed by atoms with Crippen molar-refractivity contribution >= 4 is 0 Å². The van der Waals surface area contributed by atoms with Crippen molar-refractivity contribution < 1.29 is 0 Å². The van der Waals surface area contributed by atoms with Crippen molar-refractivity contribution in [3.05, 3.63) is 0 Å². The highest BCUT2D eigenvalue weighted by Gasteiger charge is 2.57. The first kappa shape index (κ1) is 8.32. The van der Waals surface area contributed by atoms with Crippen molar-refractivity contribution in [1.82, 2.24) is 0 Å². The van der Waals surface area contributed by atoms with Gasteiger partial charge in [-0.3, -0.25) is 0 Å². The van der Waals surface area contributed by atoms with Crippen LogP contribution in [-0.4, -0.2) is 0 Å². The van der Waals surface area contributed by atoms with Crippen LogP contribution in [0.2, 0.25) is 0 Å². The van der Waals surface area contributed by atoms with Gasteiger partial charge in [0.1, 0.15) is 0 Å². The van der Waals surface area contributed by atoms with Crippen LogP contribution in [0.5, 0.6) is 0 Å². The van der Waals surface area contributed by atoms with Crippen LogP contribution in [0.3, 0.4) is 0 Å². The van der Waals surface area contributed by atoms with Gasteiger partial charge in [0, 0.05) is 0 Å². The Kier molecular flexibility index (Phi) is 1.37. The molecular formula is C13H22. The van der Waals surface area contributed by atoms with E-state index in [1.807, 2.05) is 0 Å². The van der Waals surface area contributed by atoms with E-state index in [9.17, 15) is 0 Å². The molecule has 0 heteroatoms. The molecule has 4 aliphatic rings. The van der Waals surface area contributed by atoms with Gasteiger partial charge in [-0.05, 0) is 60.7 Å². The van der Waals surface area contributed by atoms with Crippen molar-refractivity contribution in [1.29, 1.82) is 0 Å². The Balaban J connectivity index is 2.01. The maximum atomic E-state index is 2.56. The van der Waals surface area contributed by atoms with Gasteiger partial charge in [-0.15, -0.1) is 0 Å². The van der Waals surface area contributed by atoms with Crippen LogP contribution in [0.25, 0.3) is 0 Å². The summed E-state index contributed by atoms with van der Waals surface area (Å²) < 4.78 is 0. The molecule has 1 unspecified atom stereocenters. The summed E-state index contributed by atoms with van der Waals surface area (Å²) in [5.74, 6) is 3.19. The van der Waals surface area contributed by atoms with Crippen LogP contribution in [0.1, 0.15) is 52.9 Å². The van der Waals surface area contributed by atoms with Gasteiger partial charge in [-0.25, -0.2) is 0 Å². The lowest BCUT2D eigenvalue weighted by molar-refractivity contribution is -0.133. The maximum absolute atomic E-state index is 2.56. The summed E-state index contributed by atoms with van der Waals surface area (Å²) in [6, 6.07) is 0. The molecule has 74 valence electrons. The minimum Gasteiger partial charge on any atom is -0.0617 e. The molecule has 0 aromatic carbocycles. The Bertz CT molecular complexity index is 244. The van der Waals surface area contributed by atoms with Gasteiger partial charge in [0.15, 0.2) is 0 Å². The van der Waals surface area contributed by atoms with E-state index in [0.717, 1.165) is 28.6 Å². The Labute approximate surface area is 82.1 Å². The van der Waals surface area contributed by atoms with E-state index in [-0.39, 0.29) is 0 Å². The summed E-state index contributed by atoms with van der Waals surface area (Å²) >= 11 is 0. The van der Waals surface area contributed by atoms with Crippen molar-refractivity contribution in [2.75, 3.05) is 0 Å². The quantitative estimate of drug-likeness (QED) is 0.528. The van der Waals surface area contributed by atoms with Gasteiger partial charge < -0.3 is 0 Å². The molecule has 0 nitrogen and oxygen atoms in total. The van der Waals surface area contributed by atoms with Crippen LogP contribution in [0.15, 0.2) is 0 Å². The third kappa shape index (κ3) is 0.980. The first-order valence-electron chi connectivity index (χ1n) is 6.01. The van der Waals surface area contributed by atoms with Crippen molar-refractivity contribution in [2.45, 2.75) is 52.9 Å². The zero-order valence-electron chi connectivity index (χ0n) is 9.27. The summed E-state index contributed by atoms with van der Waals surface area (Å²) in [4.78, 5) is 0. The third-order valence-corrected chi connectivity index (χ3v) is 5.56. The maximum Gasteiger partial charge on any atom is -0.0290 e. The molecule has 13 heavy (non-hydrogen) atoms. The van der Waals surface area contributed by atoms with Gasteiger partial charge in [0.25, 0.3) is 0 Å². The van der Waals surface area contributed by atoms with E-state index in [2.05, 4.69) is 20.8 Å². The SMILES string of the molecule is CC1[C@@H]2C[C@H]3C[C@@](C)(C2)C[C@]1(C)C3. The zero-order valence-corrected chi connectivity index (χ0v) is 9.27. The van der Waals surface area contributed by atoms with Crippen molar-refractivity contribution in [3.8, 4) is 0 Å². The molecule has 0 aromatic rings. The normalized spacial score (nSPS) is 64.4. The van der Waals surface area contributed by atoms with E-state index in [1.54, 1.807) is 25.7 Å². The van der Waals surface area contributed by atoms with Gasteiger partial charge in [0.05, 0.1) is 0 Å². The van der Waals surface area contributed by atoms with Crippen LogP contribution < -0.4 is 0 Å². The first-order chi connectivity index (χ1) is 6.01. The summed E-state index contributed by atoms with van der Waals surface area (Å²) in [6.07, 6.45) is 7.72. The molecule has 0 saturated heterocycles. The molecular weight excluding hydrogens is 156 g/mol. The van der Waals surface area contributed by atoms with Crippen LogP contribution in [-0.2, 0) is 0 Å². The van der Waals surface area contributed by atoms with Crippen molar-refractivity contribution in [3.63, 3.8) is 0 Å². The smallest absolute Gasteiger partial charge is 0.0290 e. The second kappa shape index (κ2) is 2.15. The summed E-state index contributed by atoms with van der Waals surface area (Å²) in [7, 11) is 0. The molecule has 0 aliphatic heterocycles. The fraction of sp³-hybridized carbons (Fsp3) is 1.00. The summed E-state index contributed by atoms with van der Waals surface area (Å²) in [5.41, 5.74) is 1.46. The highest BCUT2D eigenvalue weighted by molar-refractivity contribution is 5.07. The summed E-state index contributed by atoms with van der Waals surface area (Å²) in [5, 5.41) is 0. The average Bonchev–Trinajstić information content (AvgIpc) is 1.96. The molecule has 4 saturated carbocycles. The number of hydrogen-bond acceptors (Lipinski definition) is 0. The number of hydrogen-bond donors (Lipinski definition) is 0. The molecule has 0 spiro atoms. The molecule has 0 radical (unpaired) electrons. The summed E-state index contributed by atoms with van der Waals surface area (Å²) in [6.45, 7) is 7.63. The van der Waals surface area contributed by atoms with E-state index in [1.165, 1.54) is 6.42 Å². The minimum absolute atomic E-state index is 0.721. The first-order valence-corrected chi connectivity index (χ1v) is 6.01. The standard InChI is InChI=1S/C13H22/c1-9-11-4-10-5-12(2,7-11)8-13(9,3)6-10/h9-11H,4-8H2,1-3H3/t9?,10-,11+,12-,13-/m0/s1. The molecule has 4 rings (SSSR count). The Morgan fingerprint density at radius 1 is 1.08 bits per heavy atom. The van der Waals surface area contributed by atoms with E-state index >= 15 is 0 Å². The Morgan fingerprint density at radius 3 is 2.46 bits per heavy atom. The van der Waals surface area contributed by atoms with Crippen LogP contribution >= 0.6 is 0 Å². The number of rotatable bonds is 0. The van der Waals surface area contributed by atoms with Gasteiger partial charge in [-0.2, -0.15) is 0 Å². The molecule has 0 N–H and O–H groups in total. The lowest BCUT2D eigenvalue weighted by atomic mass is 9.42.